The first-order chi connectivity index (χ1) is 7.33. The van der Waals surface area contributed by atoms with Gasteiger partial charge in [-0.15, -0.1) is 0 Å². The van der Waals surface area contributed by atoms with E-state index in [2.05, 4.69) is 15.2 Å². The highest BCUT2D eigenvalue weighted by Crippen LogP contribution is 2.50. The predicted octanol–water partition coefficient (Wildman–Crippen LogP) is 1.63. The van der Waals surface area contributed by atoms with Gasteiger partial charge >= 0.3 is 0 Å². The minimum atomic E-state index is 0.0526. The van der Waals surface area contributed by atoms with E-state index in [1.165, 1.54) is 32.0 Å². The quantitative estimate of drug-likeness (QED) is 0.789. The van der Waals surface area contributed by atoms with Crippen LogP contribution in [0.2, 0.25) is 0 Å². The third-order valence-electron chi connectivity index (χ3n) is 4.23. The molecular formula is C11H18N4. The largest absolute Gasteiger partial charge is 0.321 e. The van der Waals surface area contributed by atoms with Gasteiger partial charge in [-0.05, 0) is 43.4 Å². The number of nitrogens with zero attached hydrogens (tertiary/aromatic N) is 2. The van der Waals surface area contributed by atoms with E-state index >= 15 is 0 Å². The predicted molar refractivity (Wildman–Crippen MR) is 56.9 cm³/mol. The summed E-state index contributed by atoms with van der Waals surface area (Å²) in [4.78, 5) is 4.13. The van der Waals surface area contributed by atoms with Gasteiger partial charge in [-0.2, -0.15) is 5.10 Å². The number of H-pyrrole nitrogens is 1. The van der Waals surface area contributed by atoms with Crippen LogP contribution in [0.1, 0.15) is 44.0 Å². The molecule has 1 heterocycles. The summed E-state index contributed by atoms with van der Waals surface area (Å²) in [5, 5.41) is 6.72. The molecule has 0 radical (unpaired) electrons. The van der Waals surface area contributed by atoms with Crippen LogP contribution < -0.4 is 5.73 Å². The van der Waals surface area contributed by atoms with Crippen LogP contribution in [0.4, 0.5) is 0 Å². The van der Waals surface area contributed by atoms with E-state index in [1.54, 1.807) is 0 Å². The molecule has 2 aliphatic carbocycles. The number of rotatable bonds is 3. The molecule has 4 nitrogen and oxygen atoms in total. The van der Waals surface area contributed by atoms with Crippen molar-refractivity contribution in [3.63, 3.8) is 0 Å². The molecule has 4 atom stereocenters. The third-order valence-corrected chi connectivity index (χ3v) is 4.23. The molecular weight excluding hydrogens is 188 g/mol. The summed E-state index contributed by atoms with van der Waals surface area (Å²) in [6, 6.07) is 0.0526. The number of nitrogens with two attached hydrogens (primary N) is 1. The lowest BCUT2D eigenvalue weighted by Gasteiger charge is -2.23. The Morgan fingerprint density at radius 2 is 2.40 bits per heavy atom. The highest BCUT2D eigenvalue weighted by molar-refractivity contribution is 4.96. The van der Waals surface area contributed by atoms with Crippen molar-refractivity contribution in [1.82, 2.24) is 15.2 Å². The number of nitrogens with one attached hydrogen (secondary N) is 1. The lowest BCUT2D eigenvalue weighted by Crippen LogP contribution is -2.20. The van der Waals surface area contributed by atoms with Crippen LogP contribution in [0.25, 0.3) is 0 Å². The normalized spacial score (nSPS) is 35.9. The van der Waals surface area contributed by atoms with E-state index in [9.17, 15) is 0 Å². The SMILES string of the molecule is NC(CC1CC2CCC1C2)c1ncn[nH]1. The molecule has 1 aromatic heterocycles. The van der Waals surface area contributed by atoms with Crippen LogP contribution in [0, 0.1) is 17.8 Å². The second-order valence-electron chi connectivity index (χ2n) is 5.15. The van der Waals surface area contributed by atoms with E-state index in [0.29, 0.717) is 0 Å². The van der Waals surface area contributed by atoms with Crippen molar-refractivity contribution in [2.24, 2.45) is 23.5 Å². The molecule has 0 saturated heterocycles. The molecule has 2 bridgehead atoms. The second kappa shape index (κ2) is 3.59. The maximum Gasteiger partial charge on any atom is 0.141 e. The first kappa shape index (κ1) is 9.33. The number of hydrogen-bond donors (Lipinski definition) is 2. The van der Waals surface area contributed by atoms with Crippen LogP contribution in [-0.4, -0.2) is 15.2 Å². The summed E-state index contributed by atoms with van der Waals surface area (Å²) in [6.45, 7) is 0. The van der Waals surface area contributed by atoms with Gasteiger partial charge in [-0.1, -0.05) is 6.42 Å². The van der Waals surface area contributed by atoms with Gasteiger partial charge in [-0.3, -0.25) is 5.10 Å². The topological polar surface area (TPSA) is 67.6 Å². The first-order valence-corrected chi connectivity index (χ1v) is 5.93. The van der Waals surface area contributed by atoms with Gasteiger partial charge in [-0.25, -0.2) is 4.98 Å². The maximum absolute atomic E-state index is 6.12. The van der Waals surface area contributed by atoms with Crippen molar-refractivity contribution in [2.45, 2.75) is 38.1 Å². The van der Waals surface area contributed by atoms with Gasteiger partial charge < -0.3 is 5.73 Å². The Bertz CT molecular complexity index is 321. The van der Waals surface area contributed by atoms with Gasteiger partial charge in [0.05, 0.1) is 6.04 Å². The molecule has 3 rings (SSSR count). The van der Waals surface area contributed by atoms with Crippen LogP contribution in [-0.2, 0) is 0 Å². The number of fused-ring (bicyclic) bond motifs is 2. The van der Waals surface area contributed by atoms with Crippen LogP contribution in [0.5, 0.6) is 0 Å². The molecule has 3 N–H and O–H groups in total. The third kappa shape index (κ3) is 1.67. The zero-order valence-electron chi connectivity index (χ0n) is 8.89. The Hall–Kier alpha value is -0.900. The summed E-state index contributed by atoms with van der Waals surface area (Å²) in [5.74, 6) is 3.63. The first-order valence-electron chi connectivity index (χ1n) is 5.93. The fourth-order valence-electron chi connectivity index (χ4n) is 3.50. The molecule has 15 heavy (non-hydrogen) atoms. The average molecular weight is 206 g/mol. The highest BCUT2D eigenvalue weighted by Gasteiger charge is 2.40. The van der Waals surface area contributed by atoms with Crippen molar-refractivity contribution in [3.05, 3.63) is 12.2 Å². The molecule has 2 fully saturated rings. The number of aromatic nitrogens is 3. The lowest BCUT2D eigenvalue weighted by atomic mass is 9.84. The molecule has 2 aliphatic rings. The van der Waals surface area contributed by atoms with Gasteiger partial charge in [0.15, 0.2) is 0 Å². The Morgan fingerprint density at radius 3 is 3.00 bits per heavy atom. The monoisotopic (exact) mass is 206 g/mol. The van der Waals surface area contributed by atoms with Crippen LogP contribution in [0.15, 0.2) is 6.33 Å². The van der Waals surface area contributed by atoms with Gasteiger partial charge in [0.25, 0.3) is 0 Å². The zero-order valence-corrected chi connectivity index (χ0v) is 8.89. The van der Waals surface area contributed by atoms with E-state index in [-0.39, 0.29) is 6.04 Å². The van der Waals surface area contributed by atoms with Crippen LogP contribution in [0.3, 0.4) is 0 Å². The van der Waals surface area contributed by atoms with E-state index in [1.807, 2.05) is 0 Å². The Kier molecular flexibility index (Phi) is 2.24. The maximum atomic E-state index is 6.12. The highest BCUT2D eigenvalue weighted by atomic mass is 15.2. The standard InChI is InChI=1S/C11H18N4/c12-10(11-13-6-14-15-11)5-9-4-7-1-2-8(9)3-7/h6-10H,1-5,12H2,(H,13,14,15). The molecule has 0 spiro atoms. The minimum absolute atomic E-state index is 0.0526. The molecule has 1 aromatic rings. The van der Waals surface area contributed by atoms with Crippen molar-refractivity contribution < 1.29 is 0 Å². The van der Waals surface area contributed by atoms with E-state index < -0.39 is 0 Å². The minimum Gasteiger partial charge on any atom is -0.321 e. The van der Waals surface area contributed by atoms with Crippen molar-refractivity contribution >= 4 is 0 Å². The average Bonchev–Trinajstić information content (AvgIpc) is 2.95. The van der Waals surface area contributed by atoms with Crippen molar-refractivity contribution in [1.29, 1.82) is 0 Å². The molecule has 0 aliphatic heterocycles. The van der Waals surface area contributed by atoms with Gasteiger partial charge in [0, 0.05) is 0 Å². The fourth-order valence-corrected chi connectivity index (χ4v) is 3.50. The molecule has 0 aromatic carbocycles. The fraction of sp³-hybridized carbons (Fsp3) is 0.818. The Labute approximate surface area is 89.7 Å². The smallest absolute Gasteiger partial charge is 0.141 e. The summed E-state index contributed by atoms with van der Waals surface area (Å²) in [6.07, 6.45) is 8.35. The second-order valence-corrected chi connectivity index (χ2v) is 5.15. The Morgan fingerprint density at radius 1 is 1.47 bits per heavy atom. The molecule has 4 unspecified atom stereocenters. The summed E-state index contributed by atoms with van der Waals surface area (Å²) >= 11 is 0. The Balaban J connectivity index is 1.62. The summed E-state index contributed by atoms with van der Waals surface area (Å²) < 4.78 is 0. The van der Waals surface area contributed by atoms with E-state index in [0.717, 1.165) is 30.0 Å². The van der Waals surface area contributed by atoms with E-state index in [4.69, 9.17) is 5.73 Å². The molecule has 4 heteroatoms. The molecule has 82 valence electrons. The van der Waals surface area contributed by atoms with Crippen molar-refractivity contribution in [2.75, 3.05) is 0 Å². The molecule has 2 saturated carbocycles. The number of aromatic amines is 1. The number of hydrogen-bond acceptors (Lipinski definition) is 3. The van der Waals surface area contributed by atoms with Gasteiger partial charge in [0.1, 0.15) is 12.2 Å². The summed E-state index contributed by atoms with van der Waals surface area (Å²) in [5.41, 5.74) is 6.12. The van der Waals surface area contributed by atoms with Crippen molar-refractivity contribution in [3.8, 4) is 0 Å². The molecule has 0 amide bonds. The van der Waals surface area contributed by atoms with Crippen LogP contribution >= 0.6 is 0 Å². The zero-order chi connectivity index (χ0) is 10.3. The van der Waals surface area contributed by atoms with Gasteiger partial charge in [0.2, 0.25) is 0 Å². The lowest BCUT2D eigenvalue weighted by molar-refractivity contribution is 0.293. The summed E-state index contributed by atoms with van der Waals surface area (Å²) in [7, 11) is 0.